The van der Waals surface area contributed by atoms with Crippen molar-refractivity contribution in [1.82, 2.24) is 15.0 Å². The smallest absolute Gasteiger partial charge is 0.341 e. The molecular weight excluding hydrogens is 472 g/mol. The van der Waals surface area contributed by atoms with E-state index in [0.29, 0.717) is 35.4 Å². The van der Waals surface area contributed by atoms with Crippen LogP contribution in [-0.2, 0) is 28.9 Å². The van der Waals surface area contributed by atoms with Gasteiger partial charge < -0.3 is 14.6 Å². The fourth-order valence-corrected chi connectivity index (χ4v) is 6.59. The Hall–Kier alpha value is -2.56. The molecular formula is C24H28N4O4S2. The van der Waals surface area contributed by atoms with Crippen molar-refractivity contribution in [3.8, 4) is 10.7 Å². The molecule has 3 aromatic heterocycles. The van der Waals surface area contributed by atoms with Crippen molar-refractivity contribution in [3.05, 3.63) is 39.4 Å². The van der Waals surface area contributed by atoms with Crippen LogP contribution in [0.1, 0.15) is 59.3 Å². The molecule has 1 saturated heterocycles. The molecule has 1 fully saturated rings. The predicted octanol–water partition coefficient (Wildman–Crippen LogP) is 4.77. The average molecular weight is 501 g/mol. The van der Waals surface area contributed by atoms with Crippen molar-refractivity contribution in [2.24, 2.45) is 5.92 Å². The summed E-state index contributed by atoms with van der Waals surface area (Å²) in [6.45, 7) is 4.27. The number of rotatable bonds is 7. The van der Waals surface area contributed by atoms with E-state index in [2.05, 4.69) is 20.4 Å². The maximum Gasteiger partial charge on any atom is 0.341 e. The highest BCUT2D eigenvalue weighted by Crippen LogP contribution is 2.39. The number of ether oxygens (including phenoxy) is 1. The molecule has 0 unspecified atom stereocenters. The third-order valence-electron chi connectivity index (χ3n) is 6.41. The van der Waals surface area contributed by atoms with E-state index in [-0.39, 0.29) is 17.8 Å². The van der Waals surface area contributed by atoms with Crippen LogP contribution in [0.3, 0.4) is 0 Å². The topological polar surface area (TPSA) is 97.6 Å². The Morgan fingerprint density at radius 3 is 2.85 bits per heavy atom. The third kappa shape index (κ3) is 4.94. The normalized spacial score (nSPS) is 16.9. The Kier molecular flexibility index (Phi) is 7.07. The number of esters is 1. The number of piperidine rings is 1. The lowest BCUT2D eigenvalue weighted by atomic mass is 9.94. The zero-order valence-corrected chi connectivity index (χ0v) is 20.8. The first-order chi connectivity index (χ1) is 16.6. The number of nitrogens with one attached hydrogen (secondary N) is 1. The number of likely N-dealkylation sites (tertiary alicyclic amines) is 1. The highest BCUT2D eigenvalue weighted by atomic mass is 32.1. The van der Waals surface area contributed by atoms with Gasteiger partial charge in [0.05, 0.1) is 23.6 Å². The number of aromatic nitrogens is 2. The van der Waals surface area contributed by atoms with Gasteiger partial charge in [0, 0.05) is 10.8 Å². The number of anilines is 1. The Bertz CT molecular complexity index is 1150. The first-order valence-electron chi connectivity index (χ1n) is 11.8. The molecule has 4 heterocycles. The van der Waals surface area contributed by atoms with Crippen LogP contribution in [0, 0.1) is 5.92 Å². The molecule has 0 bridgehead atoms. The molecule has 1 aliphatic heterocycles. The predicted molar refractivity (Wildman–Crippen MR) is 131 cm³/mol. The van der Waals surface area contributed by atoms with Gasteiger partial charge in [0.1, 0.15) is 5.00 Å². The molecule has 0 aromatic carbocycles. The minimum Gasteiger partial charge on any atom is -0.462 e. The van der Waals surface area contributed by atoms with Gasteiger partial charge in [-0.1, -0.05) is 11.2 Å². The molecule has 2 aliphatic rings. The van der Waals surface area contributed by atoms with Crippen molar-refractivity contribution in [3.63, 3.8) is 0 Å². The van der Waals surface area contributed by atoms with E-state index >= 15 is 0 Å². The molecule has 8 nitrogen and oxygen atoms in total. The van der Waals surface area contributed by atoms with Gasteiger partial charge in [0.2, 0.25) is 17.6 Å². The lowest BCUT2D eigenvalue weighted by Gasteiger charge is -2.30. The second kappa shape index (κ2) is 10.4. The Morgan fingerprint density at radius 1 is 1.26 bits per heavy atom. The lowest BCUT2D eigenvalue weighted by Crippen LogP contribution is -2.37. The molecule has 1 amide bonds. The van der Waals surface area contributed by atoms with Crippen LogP contribution in [0.25, 0.3) is 10.7 Å². The molecule has 1 aliphatic carbocycles. The van der Waals surface area contributed by atoms with E-state index in [9.17, 15) is 9.59 Å². The summed E-state index contributed by atoms with van der Waals surface area (Å²) in [5.74, 6) is 0.787. The van der Waals surface area contributed by atoms with Gasteiger partial charge in [-0.05, 0) is 75.5 Å². The SMILES string of the molecule is CCOC(=O)c1c(NC(=O)C2CCN(Cc3nc(-c4cccs4)no3)CC2)sc2c1CCCC2. The average Bonchev–Trinajstić information content (AvgIpc) is 3.59. The molecule has 0 saturated carbocycles. The Balaban J connectivity index is 1.19. The fourth-order valence-electron chi connectivity index (χ4n) is 4.66. The lowest BCUT2D eigenvalue weighted by molar-refractivity contribution is -0.121. The number of hydrogen-bond acceptors (Lipinski definition) is 9. The van der Waals surface area contributed by atoms with Gasteiger partial charge in [-0.25, -0.2) is 4.79 Å². The van der Waals surface area contributed by atoms with Crippen molar-refractivity contribution >= 4 is 39.6 Å². The van der Waals surface area contributed by atoms with Gasteiger partial charge >= 0.3 is 5.97 Å². The van der Waals surface area contributed by atoms with Crippen LogP contribution in [-0.4, -0.2) is 46.6 Å². The number of carbonyl (C=O) groups is 2. The highest BCUT2D eigenvalue weighted by molar-refractivity contribution is 7.17. The summed E-state index contributed by atoms with van der Waals surface area (Å²) >= 11 is 3.12. The number of carbonyl (C=O) groups excluding carboxylic acids is 2. The van der Waals surface area contributed by atoms with Crippen LogP contribution in [0.15, 0.2) is 22.0 Å². The van der Waals surface area contributed by atoms with Crippen molar-refractivity contribution in [1.29, 1.82) is 0 Å². The molecule has 34 heavy (non-hydrogen) atoms. The number of thiophene rings is 2. The maximum absolute atomic E-state index is 13.1. The van der Waals surface area contributed by atoms with Crippen LogP contribution < -0.4 is 5.32 Å². The second-order valence-corrected chi connectivity index (χ2v) is 10.7. The van der Waals surface area contributed by atoms with Crippen LogP contribution in [0.2, 0.25) is 0 Å². The summed E-state index contributed by atoms with van der Waals surface area (Å²) in [7, 11) is 0. The third-order valence-corrected chi connectivity index (χ3v) is 8.49. The molecule has 3 aromatic rings. The van der Waals surface area contributed by atoms with Crippen LogP contribution in [0.4, 0.5) is 5.00 Å². The van der Waals surface area contributed by atoms with Crippen LogP contribution in [0.5, 0.6) is 0 Å². The summed E-state index contributed by atoms with van der Waals surface area (Å²) in [5.41, 5.74) is 1.64. The zero-order chi connectivity index (χ0) is 23.5. The summed E-state index contributed by atoms with van der Waals surface area (Å²) in [5, 5.41) is 9.80. The number of aryl methyl sites for hydroxylation is 1. The van der Waals surface area contributed by atoms with Crippen molar-refractivity contribution < 1.29 is 18.8 Å². The minimum absolute atomic E-state index is 0.0124. The number of hydrogen-bond donors (Lipinski definition) is 1. The van der Waals surface area contributed by atoms with Gasteiger partial charge in [-0.3, -0.25) is 9.69 Å². The van der Waals surface area contributed by atoms with Gasteiger partial charge in [0.25, 0.3) is 0 Å². The zero-order valence-electron chi connectivity index (χ0n) is 19.2. The van der Waals surface area contributed by atoms with E-state index in [1.165, 1.54) is 4.88 Å². The second-order valence-electron chi connectivity index (χ2n) is 8.66. The standard InChI is InChI=1S/C24H28N4O4S2/c1-2-31-24(30)20-16-6-3-4-7-17(16)34-23(20)26-22(29)15-9-11-28(12-10-15)14-19-25-21(27-32-19)18-8-5-13-33-18/h5,8,13,15H,2-4,6-7,9-12,14H2,1H3,(H,26,29). The largest absolute Gasteiger partial charge is 0.462 e. The summed E-state index contributed by atoms with van der Waals surface area (Å²) in [6.07, 6.45) is 5.52. The molecule has 0 atom stereocenters. The van der Waals surface area contributed by atoms with Crippen molar-refractivity contribution in [2.45, 2.75) is 52.0 Å². The fraction of sp³-hybridized carbons (Fsp3) is 0.500. The molecule has 5 rings (SSSR count). The number of fused-ring (bicyclic) bond motifs is 1. The van der Waals surface area contributed by atoms with Gasteiger partial charge in [-0.15, -0.1) is 22.7 Å². The minimum atomic E-state index is -0.325. The monoisotopic (exact) mass is 500 g/mol. The molecule has 0 spiro atoms. The molecule has 180 valence electrons. The van der Waals surface area contributed by atoms with E-state index in [0.717, 1.165) is 62.1 Å². The van der Waals surface area contributed by atoms with E-state index in [1.807, 2.05) is 17.5 Å². The first kappa shape index (κ1) is 23.2. The van der Waals surface area contributed by atoms with Gasteiger partial charge in [0.15, 0.2) is 0 Å². The number of nitrogens with zero attached hydrogens (tertiary/aromatic N) is 3. The molecule has 10 heteroatoms. The summed E-state index contributed by atoms with van der Waals surface area (Å²) < 4.78 is 10.7. The summed E-state index contributed by atoms with van der Waals surface area (Å²) in [6, 6.07) is 3.94. The van der Waals surface area contributed by atoms with E-state index in [4.69, 9.17) is 9.26 Å². The first-order valence-corrected chi connectivity index (χ1v) is 13.5. The van der Waals surface area contributed by atoms with E-state index < -0.39 is 0 Å². The van der Waals surface area contributed by atoms with E-state index in [1.54, 1.807) is 29.6 Å². The molecule has 0 radical (unpaired) electrons. The van der Waals surface area contributed by atoms with Gasteiger partial charge in [-0.2, -0.15) is 4.98 Å². The number of amides is 1. The Labute approximate surface area is 206 Å². The summed E-state index contributed by atoms with van der Waals surface area (Å²) in [4.78, 5) is 34.7. The van der Waals surface area contributed by atoms with Crippen molar-refractivity contribution in [2.75, 3.05) is 25.0 Å². The Morgan fingerprint density at radius 2 is 2.09 bits per heavy atom. The maximum atomic E-state index is 13.1. The quantitative estimate of drug-likeness (QED) is 0.467. The van der Waals surface area contributed by atoms with Crippen LogP contribution >= 0.6 is 22.7 Å². The molecule has 1 N–H and O–H groups in total. The highest BCUT2D eigenvalue weighted by Gasteiger charge is 2.30.